The third-order valence-electron chi connectivity index (χ3n) is 4.94. The van der Waals surface area contributed by atoms with Gasteiger partial charge in [-0.25, -0.2) is 9.89 Å². The summed E-state index contributed by atoms with van der Waals surface area (Å²) in [5, 5.41) is 21.3. The smallest absolute Gasteiger partial charge is 0.335 e. The van der Waals surface area contributed by atoms with Crippen LogP contribution in [0.2, 0.25) is 0 Å². The molecule has 10 heteroatoms. The molecular formula is C23H16N4O5S. The first kappa shape index (κ1) is 20.5. The number of ether oxygens (including phenoxy) is 1. The van der Waals surface area contributed by atoms with Crippen molar-refractivity contribution >= 4 is 35.4 Å². The zero-order valence-corrected chi connectivity index (χ0v) is 18.0. The molecule has 5 aromatic rings. The number of aromatic carboxylic acids is 1. The van der Waals surface area contributed by atoms with Gasteiger partial charge in [0.2, 0.25) is 10.6 Å². The van der Waals surface area contributed by atoms with E-state index in [4.69, 9.17) is 30.9 Å². The Morgan fingerprint density at radius 2 is 1.97 bits per heavy atom. The molecule has 0 amide bonds. The van der Waals surface area contributed by atoms with Crippen LogP contribution in [0.4, 0.5) is 0 Å². The standard InChI is InChI=1S/C23H16N4O5S/c1-30-18-4-2-3-15-11-19(32-20(15)18)21-25-26-23(33)27(21)24-12-16-9-10-17(31-16)13-5-7-14(8-6-13)22(28)29/h2-12H,1H3,(H,26,33)(H,28,29)/b24-12+. The summed E-state index contributed by atoms with van der Waals surface area (Å²) in [6, 6.07) is 17.4. The second kappa shape index (κ2) is 8.24. The minimum absolute atomic E-state index is 0.206. The molecule has 0 saturated heterocycles. The second-order valence-electron chi connectivity index (χ2n) is 6.98. The third kappa shape index (κ3) is 3.83. The topological polar surface area (TPSA) is 119 Å². The normalized spacial score (nSPS) is 11.4. The molecule has 3 heterocycles. The Kier molecular flexibility index (Phi) is 5.11. The van der Waals surface area contributed by atoms with Gasteiger partial charge in [-0.2, -0.15) is 9.78 Å². The highest BCUT2D eigenvalue weighted by Gasteiger charge is 2.16. The van der Waals surface area contributed by atoms with Crippen LogP contribution in [-0.4, -0.2) is 39.3 Å². The van der Waals surface area contributed by atoms with Crippen molar-refractivity contribution < 1.29 is 23.5 Å². The van der Waals surface area contributed by atoms with Crippen LogP contribution in [0.25, 0.3) is 33.9 Å². The summed E-state index contributed by atoms with van der Waals surface area (Å²) in [6.45, 7) is 0. The summed E-state index contributed by atoms with van der Waals surface area (Å²) < 4.78 is 18.8. The molecule has 0 fully saturated rings. The van der Waals surface area contributed by atoms with Crippen LogP contribution < -0.4 is 4.74 Å². The molecule has 3 aromatic heterocycles. The number of benzene rings is 2. The van der Waals surface area contributed by atoms with Crippen LogP contribution in [-0.2, 0) is 0 Å². The molecule has 5 rings (SSSR count). The lowest BCUT2D eigenvalue weighted by Gasteiger charge is -1.99. The number of hydrogen-bond acceptors (Lipinski definition) is 7. The molecule has 0 radical (unpaired) electrons. The van der Waals surface area contributed by atoms with Gasteiger partial charge >= 0.3 is 5.97 Å². The Bertz CT molecular complexity index is 1560. The van der Waals surface area contributed by atoms with Crippen molar-refractivity contribution in [2.45, 2.75) is 0 Å². The summed E-state index contributed by atoms with van der Waals surface area (Å²) >= 11 is 5.32. The molecular weight excluding hydrogens is 444 g/mol. The zero-order valence-electron chi connectivity index (χ0n) is 17.2. The average molecular weight is 460 g/mol. The fraction of sp³-hybridized carbons (Fsp3) is 0.0435. The lowest BCUT2D eigenvalue weighted by atomic mass is 10.1. The van der Waals surface area contributed by atoms with E-state index in [0.29, 0.717) is 34.4 Å². The van der Waals surface area contributed by atoms with Crippen LogP contribution in [0.1, 0.15) is 16.1 Å². The molecule has 0 spiro atoms. The van der Waals surface area contributed by atoms with E-state index in [-0.39, 0.29) is 10.3 Å². The number of aromatic amines is 1. The van der Waals surface area contributed by atoms with Gasteiger partial charge in [0.1, 0.15) is 11.5 Å². The maximum absolute atomic E-state index is 11.0. The van der Waals surface area contributed by atoms with Gasteiger partial charge in [-0.15, -0.1) is 5.10 Å². The number of methoxy groups -OCH3 is 1. The van der Waals surface area contributed by atoms with Crippen molar-refractivity contribution in [2.75, 3.05) is 7.11 Å². The number of fused-ring (bicyclic) bond motifs is 1. The molecule has 2 N–H and O–H groups in total. The lowest BCUT2D eigenvalue weighted by Crippen LogP contribution is -1.94. The summed E-state index contributed by atoms with van der Waals surface area (Å²) in [4.78, 5) is 11.0. The zero-order chi connectivity index (χ0) is 22.9. The summed E-state index contributed by atoms with van der Waals surface area (Å²) in [7, 11) is 1.58. The van der Waals surface area contributed by atoms with Gasteiger partial charge in [0, 0.05) is 10.9 Å². The Balaban J connectivity index is 1.44. The van der Waals surface area contributed by atoms with E-state index in [2.05, 4.69) is 15.3 Å². The Labute approximate surface area is 191 Å². The number of H-pyrrole nitrogens is 1. The van der Waals surface area contributed by atoms with Gasteiger partial charge in [0.25, 0.3) is 0 Å². The van der Waals surface area contributed by atoms with E-state index in [1.165, 1.54) is 23.0 Å². The Morgan fingerprint density at radius 3 is 2.73 bits per heavy atom. The van der Waals surface area contributed by atoms with Crippen LogP contribution in [0.5, 0.6) is 5.75 Å². The van der Waals surface area contributed by atoms with Crippen LogP contribution >= 0.6 is 12.2 Å². The number of carboxylic acids is 1. The molecule has 0 aliphatic heterocycles. The lowest BCUT2D eigenvalue weighted by molar-refractivity contribution is 0.0697. The number of furan rings is 2. The first-order valence-electron chi connectivity index (χ1n) is 9.76. The van der Waals surface area contributed by atoms with Gasteiger partial charge < -0.3 is 18.7 Å². The summed E-state index contributed by atoms with van der Waals surface area (Å²) in [5.41, 5.74) is 1.55. The van der Waals surface area contributed by atoms with Crippen LogP contribution in [0, 0.1) is 4.77 Å². The van der Waals surface area contributed by atoms with Crippen molar-refractivity contribution in [1.29, 1.82) is 0 Å². The molecule has 0 aliphatic carbocycles. The van der Waals surface area contributed by atoms with E-state index in [1.807, 2.05) is 24.3 Å². The van der Waals surface area contributed by atoms with Gasteiger partial charge in [-0.3, -0.25) is 0 Å². The van der Waals surface area contributed by atoms with Crippen molar-refractivity contribution in [3.05, 3.63) is 76.8 Å². The number of para-hydroxylation sites is 1. The Hall–Kier alpha value is -4.44. The highest BCUT2D eigenvalue weighted by atomic mass is 32.1. The van der Waals surface area contributed by atoms with Crippen molar-refractivity contribution in [1.82, 2.24) is 14.9 Å². The molecule has 0 unspecified atom stereocenters. The predicted octanol–water partition coefficient (Wildman–Crippen LogP) is 5.20. The first-order chi connectivity index (χ1) is 16.0. The second-order valence-corrected chi connectivity index (χ2v) is 7.37. The number of nitrogens with one attached hydrogen (secondary N) is 1. The van der Waals surface area contributed by atoms with E-state index in [9.17, 15) is 4.79 Å². The van der Waals surface area contributed by atoms with Crippen LogP contribution in [0.3, 0.4) is 0 Å². The van der Waals surface area contributed by atoms with E-state index in [0.717, 1.165) is 10.9 Å². The highest BCUT2D eigenvalue weighted by molar-refractivity contribution is 7.71. The number of aromatic nitrogens is 3. The molecule has 33 heavy (non-hydrogen) atoms. The van der Waals surface area contributed by atoms with Gasteiger partial charge in [0.05, 0.1) is 18.9 Å². The van der Waals surface area contributed by atoms with E-state index in [1.54, 1.807) is 31.4 Å². The van der Waals surface area contributed by atoms with Gasteiger partial charge in [-0.05, 0) is 48.6 Å². The largest absolute Gasteiger partial charge is 0.493 e. The fourth-order valence-corrected chi connectivity index (χ4v) is 3.51. The van der Waals surface area contributed by atoms with Gasteiger partial charge in [0.15, 0.2) is 17.1 Å². The molecule has 9 nitrogen and oxygen atoms in total. The van der Waals surface area contributed by atoms with Crippen molar-refractivity contribution in [3.8, 4) is 28.7 Å². The Morgan fingerprint density at radius 1 is 1.15 bits per heavy atom. The first-order valence-corrected chi connectivity index (χ1v) is 10.2. The molecule has 0 saturated carbocycles. The molecule has 0 atom stereocenters. The SMILES string of the molecule is COc1cccc2cc(-c3n[nH]c(=S)n3/N=C/c3ccc(-c4ccc(C(=O)O)cc4)o3)oc12. The molecule has 0 bridgehead atoms. The maximum Gasteiger partial charge on any atom is 0.335 e. The van der Waals surface area contributed by atoms with Crippen LogP contribution in [0.15, 0.2) is 74.6 Å². The van der Waals surface area contributed by atoms with E-state index >= 15 is 0 Å². The number of rotatable bonds is 6. The quantitative estimate of drug-likeness (QED) is 0.264. The molecule has 0 aliphatic rings. The number of hydrogen-bond donors (Lipinski definition) is 2. The maximum atomic E-state index is 11.0. The van der Waals surface area contributed by atoms with Crippen molar-refractivity contribution in [2.24, 2.45) is 5.10 Å². The fourth-order valence-electron chi connectivity index (χ4n) is 3.33. The minimum Gasteiger partial charge on any atom is -0.493 e. The molecule has 2 aromatic carbocycles. The molecule has 164 valence electrons. The highest BCUT2D eigenvalue weighted by Crippen LogP contribution is 2.32. The number of carbonyl (C=O) groups is 1. The average Bonchev–Trinajstić information content (AvgIpc) is 3.55. The predicted molar refractivity (Wildman–Crippen MR) is 123 cm³/mol. The van der Waals surface area contributed by atoms with Gasteiger partial charge in [-0.1, -0.05) is 24.3 Å². The minimum atomic E-state index is -0.982. The van der Waals surface area contributed by atoms with E-state index < -0.39 is 5.97 Å². The number of carboxylic acid groups (broad SMARTS) is 1. The third-order valence-corrected chi connectivity index (χ3v) is 5.21. The summed E-state index contributed by atoms with van der Waals surface area (Å²) in [6.07, 6.45) is 1.51. The number of nitrogens with zero attached hydrogens (tertiary/aromatic N) is 3. The summed E-state index contributed by atoms with van der Waals surface area (Å²) in [5.74, 6) is 1.55. The monoisotopic (exact) mass is 460 g/mol. The van der Waals surface area contributed by atoms with Crippen molar-refractivity contribution in [3.63, 3.8) is 0 Å².